The molecule has 0 saturated heterocycles. The first kappa shape index (κ1) is 19.8. The summed E-state index contributed by atoms with van der Waals surface area (Å²) in [6, 6.07) is 20.7. The second kappa shape index (κ2) is 8.88. The largest absolute Gasteiger partial charge is 0.486 e. The molecule has 1 heterocycles. The van der Waals surface area contributed by atoms with E-state index in [2.05, 4.69) is 10.6 Å². The summed E-state index contributed by atoms with van der Waals surface area (Å²) in [4.78, 5) is 24.7. The van der Waals surface area contributed by atoms with Crippen LogP contribution in [-0.4, -0.2) is 31.1 Å². The van der Waals surface area contributed by atoms with Gasteiger partial charge in [-0.05, 0) is 60.7 Å². The van der Waals surface area contributed by atoms with Crippen LogP contribution in [0.5, 0.6) is 11.5 Å². The van der Waals surface area contributed by atoms with Gasteiger partial charge in [-0.1, -0.05) is 23.7 Å². The lowest BCUT2D eigenvalue weighted by Crippen LogP contribution is -2.40. The van der Waals surface area contributed by atoms with Crippen LogP contribution < -0.4 is 20.1 Å². The fourth-order valence-corrected chi connectivity index (χ4v) is 3.11. The van der Waals surface area contributed by atoms with E-state index in [0.29, 0.717) is 46.5 Å². The number of hydrogen-bond donors (Lipinski definition) is 2. The predicted molar refractivity (Wildman–Crippen MR) is 115 cm³/mol. The lowest BCUT2D eigenvalue weighted by Gasteiger charge is -2.26. The van der Waals surface area contributed by atoms with Gasteiger partial charge >= 0.3 is 0 Å². The number of benzene rings is 3. The smallest absolute Gasteiger partial charge is 0.255 e. The van der Waals surface area contributed by atoms with Gasteiger partial charge in [0.15, 0.2) is 11.5 Å². The number of halogens is 1. The van der Waals surface area contributed by atoms with Crippen LogP contribution in [0.4, 0.5) is 5.69 Å². The van der Waals surface area contributed by atoms with Gasteiger partial charge in [0.1, 0.15) is 12.7 Å². The van der Waals surface area contributed by atoms with Gasteiger partial charge in [0.25, 0.3) is 11.8 Å². The highest BCUT2D eigenvalue weighted by atomic mass is 35.5. The van der Waals surface area contributed by atoms with E-state index < -0.39 is 0 Å². The first-order valence-electron chi connectivity index (χ1n) is 9.42. The summed E-state index contributed by atoms with van der Waals surface area (Å²) in [6.45, 7) is 0.690. The van der Waals surface area contributed by atoms with E-state index in [0.717, 1.165) is 0 Å². The molecule has 0 aliphatic carbocycles. The minimum Gasteiger partial charge on any atom is -0.486 e. The summed E-state index contributed by atoms with van der Waals surface area (Å²) in [5, 5.41) is 6.20. The summed E-state index contributed by atoms with van der Waals surface area (Å²) in [5.74, 6) is 0.895. The molecule has 0 bridgehead atoms. The van der Waals surface area contributed by atoms with Crippen LogP contribution in [0, 0.1) is 0 Å². The van der Waals surface area contributed by atoms with Crippen LogP contribution >= 0.6 is 11.6 Å². The number of anilines is 1. The van der Waals surface area contributed by atoms with Crippen LogP contribution in [0.3, 0.4) is 0 Å². The number of hydrogen-bond acceptors (Lipinski definition) is 4. The molecule has 0 aromatic heterocycles. The zero-order chi connectivity index (χ0) is 20.9. The first-order chi connectivity index (χ1) is 14.6. The van der Waals surface area contributed by atoms with Crippen molar-refractivity contribution in [3.05, 3.63) is 88.9 Å². The highest BCUT2D eigenvalue weighted by Gasteiger charge is 2.21. The van der Waals surface area contributed by atoms with Crippen LogP contribution in [0.15, 0.2) is 72.8 Å². The Hall–Kier alpha value is -3.51. The molecule has 4 rings (SSSR count). The first-order valence-corrected chi connectivity index (χ1v) is 9.80. The molecule has 30 heavy (non-hydrogen) atoms. The molecule has 3 aromatic carbocycles. The number of nitrogens with one attached hydrogen (secondary N) is 2. The van der Waals surface area contributed by atoms with Gasteiger partial charge in [0.2, 0.25) is 0 Å². The highest BCUT2D eigenvalue weighted by molar-refractivity contribution is 6.30. The molecule has 1 aliphatic heterocycles. The van der Waals surface area contributed by atoms with Crippen molar-refractivity contribution in [3.63, 3.8) is 0 Å². The van der Waals surface area contributed by atoms with Crippen LogP contribution in [0.2, 0.25) is 5.02 Å². The Balaban J connectivity index is 1.30. The van der Waals surface area contributed by atoms with Gasteiger partial charge in [-0.2, -0.15) is 0 Å². The van der Waals surface area contributed by atoms with E-state index in [1.54, 1.807) is 48.5 Å². The summed E-state index contributed by atoms with van der Waals surface area (Å²) >= 11 is 5.84. The summed E-state index contributed by atoms with van der Waals surface area (Å²) in [7, 11) is 0. The fraction of sp³-hybridized carbons (Fsp3) is 0.130. The van der Waals surface area contributed by atoms with Crippen LogP contribution in [0.1, 0.15) is 20.7 Å². The molecular formula is C23H19ClN2O4. The Kier molecular flexibility index (Phi) is 5.86. The number of fused-ring (bicyclic) bond motifs is 1. The van der Waals surface area contributed by atoms with Crippen molar-refractivity contribution < 1.29 is 19.1 Å². The molecule has 1 aliphatic rings. The maximum absolute atomic E-state index is 12.4. The molecule has 1 unspecified atom stereocenters. The van der Waals surface area contributed by atoms with E-state index >= 15 is 0 Å². The van der Waals surface area contributed by atoms with Crippen molar-refractivity contribution in [2.75, 3.05) is 18.5 Å². The van der Waals surface area contributed by atoms with E-state index in [1.165, 1.54) is 0 Å². The number of rotatable bonds is 5. The molecule has 2 amide bonds. The molecule has 1 atom stereocenters. The SMILES string of the molecule is O=C(NCC1COc2ccccc2O1)c1ccc(NC(=O)c2ccc(Cl)cc2)cc1. The number of ether oxygens (including phenoxy) is 2. The van der Waals surface area contributed by atoms with E-state index in [9.17, 15) is 9.59 Å². The van der Waals surface area contributed by atoms with Gasteiger partial charge in [-0.15, -0.1) is 0 Å². The van der Waals surface area contributed by atoms with Gasteiger partial charge < -0.3 is 20.1 Å². The Labute approximate surface area is 178 Å². The second-order valence-corrected chi connectivity index (χ2v) is 7.18. The summed E-state index contributed by atoms with van der Waals surface area (Å²) in [6.07, 6.45) is -0.262. The summed E-state index contributed by atoms with van der Waals surface area (Å²) in [5.41, 5.74) is 1.57. The van der Waals surface area contributed by atoms with Gasteiger partial charge in [0, 0.05) is 21.8 Å². The normalized spacial score (nSPS) is 14.6. The van der Waals surface area contributed by atoms with Crippen molar-refractivity contribution in [1.29, 1.82) is 0 Å². The number of amides is 2. The summed E-state index contributed by atoms with van der Waals surface area (Å²) < 4.78 is 11.5. The standard InChI is InChI=1S/C23H19ClN2O4/c24-17-9-5-16(6-10-17)23(28)26-18-11-7-15(8-12-18)22(27)25-13-19-14-29-20-3-1-2-4-21(20)30-19/h1-12,19H,13-14H2,(H,25,27)(H,26,28). The zero-order valence-electron chi connectivity index (χ0n) is 15.9. The van der Waals surface area contributed by atoms with Crippen molar-refractivity contribution in [2.24, 2.45) is 0 Å². The molecule has 152 valence electrons. The van der Waals surface area contributed by atoms with Crippen LogP contribution in [0.25, 0.3) is 0 Å². The molecule has 0 spiro atoms. The maximum Gasteiger partial charge on any atom is 0.255 e. The highest BCUT2D eigenvalue weighted by Crippen LogP contribution is 2.30. The monoisotopic (exact) mass is 422 g/mol. The minimum absolute atomic E-state index is 0.229. The van der Waals surface area contributed by atoms with Gasteiger partial charge in [0.05, 0.1) is 6.54 Å². The molecule has 0 saturated carbocycles. The molecule has 2 N–H and O–H groups in total. The number of carbonyl (C=O) groups excluding carboxylic acids is 2. The minimum atomic E-state index is -0.262. The Morgan fingerprint density at radius 2 is 1.50 bits per heavy atom. The number of carbonyl (C=O) groups is 2. The second-order valence-electron chi connectivity index (χ2n) is 6.75. The molecule has 6 nitrogen and oxygen atoms in total. The predicted octanol–water partition coefficient (Wildman–Crippen LogP) is 4.16. The Morgan fingerprint density at radius 3 is 2.23 bits per heavy atom. The molecule has 0 radical (unpaired) electrons. The molecule has 3 aromatic rings. The van der Waals surface area contributed by atoms with Crippen LogP contribution in [-0.2, 0) is 0 Å². The van der Waals surface area contributed by atoms with Crippen molar-refractivity contribution in [1.82, 2.24) is 5.32 Å². The fourth-order valence-electron chi connectivity index (χ4n) is 2.98. The third-order valence-corrected chi connectivity index (χ3v) is 4.82. The Morgan fingerprint density at radius 1 is 0.867 bits per heavy atom. The van der Waals surface area contributed by atoms with Gasteiger partial charge in [-0.3, -0.25) is 9.59 Å². The zero-order valence-corrected chi connectivity index (χ0v) is 16.7. The Bertz CT molecular complexity index is 1050. The third kappa shape index (κ3) is 4.72. The van der Waals surface area contributed by atoms with Crippen molar-refractivity contribution in [3.8, 4) is 11.5 Å². The van der Waals surface area contributed by atoms with Crippen molar-refractivity contribution in [2.45, 2.75) is 6.10 Å². The number of para-hydroxylation sites is 2. The molecule has 7 heteroatoms. The molecule has 0 fully saturated rings. The van der Waals surface area contributed by atoms with E-state index in [4.69, 9.17) is 21.1 Å². The average Bonchev–Trinajstić information content (AvgIpc) is 2.78. The average molecular weight is 423 g/mol. The quantitative estimate of drug-likeness (QED) is 0.647. The van der Waals surface area contributed by atoms with E-state index in [-0.39, 0.29) is 17.9 Å². The molecular weight excluding hydrogens is 404 g/mol. The topological polar surface area (TPSA) is 76.7 Å². The lowest BCUT2D eigenvalue weighted by atomic mass is 10.1. The van der Waals surface area contributed by atoms with Gasteiger partial charge in [-0.25, -0.2) is 0 Å². The third-order valence-electron chi connectivity index (χ3n) is 4.57. The lowest BCUT2D eigenvalue weighted by molar-refractivity contribution is 0.0789. The van der Waals surface area contributed by atoms with E-state index in [1.807, 2.05) is 24.3 Å². The maximum atomic E-state index is 12.4. The van der Waals surface area contributed by atoms with Crippen molar-refractivity contribution >= 4 is 29.1 Å².